The van der Waals surface area contributed by atoms with Crippen molar-refractivity contribution in [3.05, 3.63) is 92.7 Å². The Kier molecular flexibility index (Phi) is 10.8. The van der Waals surface area contributed by atoms with Crippen molar-refractivity contribution >= 4 is 40.6 Å². The summed E-state index contributed by atoms with van der Waals surface area (Å²) in [4.78, 5) is 26.9. The van der Waals surface area contributed by atoms with Gasteiger partial charge in [-0.1, -0.05) is 0 Å². The van der Waals surface area contributed by atoms with Gasteiger partial charge in [0.25, 0.3) is 5.91 Å². The topological polar surface area (TPSA) is 117 Å². The maximum absolute atomic E-state index is 12.6. The fourth-order valence-corrected chi connectivity index (χ4v) is 5.60. The molecule has 1 saturated heterocycles. The van der Waals surface area contributed by atoms with E-state index >= 15 is 0 Å². The molecule has 3 heterocycles. The van der Waals surface area contributed by atoms with Crippen molar-refractivity contribution < 1.29 is 33.0 Å². The number of carbonyl (C=O) groups is 2. The van der Waals surface area contributed by atoms with E-state index in [4.69, 9.17) is 23.4 Å². The highest BCUT2D eigenvalue weighted by Gasteiger charge is 2.20. The van der Waals surface area contributed by atoms with Crippen LogP contribution in [-0.4, -0.2) is 67.0 Å². The number of halogens is 1. The van der Waals surface area contributed by atoms with Crippen LogP contribution in [0.3, 0.4) is 0 Å². The predicted molar refractivity (Wildman–Crippen MR) is 177 cm³/mol. The lowest BCUT2D eigenvalue weighted by Crippen LogP contribution is -2.43. The highest BCUT2D eigenvalue weighted by atomic mass is 127. The summed E-state index contributed by atoms with van der Waals surface area (Å²) in [6.45, 7) is 8.63. The van der Waals surface area contributed by atoms with Gasteiger partial charge in [-0.2, -0.15) is 5.10 Å². The van der Waals surface area contributed by atoms with E-state index in [0.717, 1.165) is 20.6 Å². The van der Waals surface area contributed by atoms with Crippen LogP contribution in [0.5, 0.6) is 17.2 Å². The lowest BCUT2D eigenvalue weighted by Gasteiger charge is -2.27. The standard InChI is InChI=1S/C33H35IN4O7/c1-4-42-30-18-24(17-28(34)32(30)44-21-31(39)37-13-15-41-16-14-37)19-35-36-33(40)29-12-11-27(45-29)20-43-26-9-7-25(8-10-26)38-22(2)5-6-23(38)3/h5-12,17-19H,4,13-16,20-21H2,1-3H3,(H,36,40)/b35-19+. The Hall–Kier alpha value is -4.30. The molecule has 11 nitrogen and oxygen atoms in total. The molecule has 0 atom stereocenters. The fourth-order valence-electron chi connectivity index (χ4n) is 4.82. The number of furan rings is 1. The number of benzene rings is 2. The van der Waals surface area contributed by atoms with Crippen LogP contribution in [0.25, 0.3) is 5.69 Å². The van der Waals surface area contributed by atoms with Crippen LogP contribution in [0.1, 0.15) is 40.2 Å². The Balaban J connectivity index is 1.14. The maximum Gasteiger partial charge on any atom is 0.307 e. The van der Waals surface area contributed by atoms with E-state index in [1.807, 2.05) is 37.3 Å². The number of aromatic nitrogens is 1. The van der Waals surface area contributed by atoms with Crippen LogP contribution in [-0.2, 0) is 16.1 Å². The maximum atomic E-state index is 12.6. The molecule has 0 bridgehead atoms. The average molecular weight is 727 g/mol. The van der Waals surface area contributed by atoms with E-state index in [0.29, 0.717) is 61.5 Å². The molecule has 1 aliphatic rings. The summed E-state index contributed by atoms with van der Waals surface area (Å²) in [6, 6.07) is 18.8. The highest BCUT2D eigenvalue weighted by Crippen LogP contribution is 2.34. The van der Waals surface area contributed by atoms with E-state index in [-0.39, 0.29) is 24.9 Å². The van der Waals surface area contributed by atoms with E-state index in [9.17, 15) is 9.59 Å². The molecule has 0 unspecified atom stereocenters. The number of hydrogen-bond donors (Lipinski definition) is 1. The molecule has 5 rings (SSSR count). The zero-order valence-electron chi connectivity index (χ0n) is 25.4. The number of amides is 2. The molecule has 4 aromatic rings. The van der Waals surface area contributed by atoms with Crippen LogP contribution in [0.15, 0.2) is 70.2 Å². The van der Waals surface area contributed by atoms with Crippen LogP contribution in [0.4, 0.5) is 0 Å². The number of aryl methyl sites for hydroxylation is 2. The lowest BCUT2D eigenvalue weighted by molar-refractivity contribution is -0.137. The minimum Gasteiger partial charge on any atom is -0.490 e. The van der Waals surface area contributed by atoms with Crippen molar-refractivity contribution in [3.63, 3.8) is 0 Å². The fraction of sp³-hybridized carbons (Fsp3) is 0.303. The highest BCUT2D eigenvalue weighted by molar-refractivity contribution is 14.1. The summed E-state index contributed by atoms with van der Waals surface area (Å²) in [5.74, 6) is 1.65. The Labute approximate surface area is 275 Å². The Bertz CT molecular complexity index is 1640. The van der Waals surface area contributed by atoms with Crippen LogP contribution in [0.2, 0.25) is 0 Å². The van der Waals surface area contributed by atoms with Gasteiger partial charge in [0.2, 0.25) is 0 Å². The van der Waals surface area contributed by atoms with Gasteiger partial charge in [-0.3, -0.25) is 9.59 Å². The van der Waals surface area contributed by atoms with E-state index < -0.39 is 5.91 Å². The van der Waals surface area contributed by atoms with Crippen molar-refractivity contribution in [2.75, 3.05) is 39.5 Å². The Morgan fingerprint density at radius 3 is 2.42 bits per heavy atom. The summed E-state index contributed by atoms with van der Waals surface area (Å²) in [5.41, 5.74) is 6.54. The Morgan fingerprint density at radius 1 is 0.978 bits per heavy atom. The number of hydrogen-bond acceptors (Lipinski definition) is 8. The molecule has 2 aromatic heterocycles. The SMILES string of the molecule is CCOc1cc(/C=N/NC(=O)c2ccc(COc3ccc(-n4c(C)ccc4C)cc3)o2)cc(I)c1OCC(=O)N1CCOCC1. The van der Waals surface area contributed by atoms with E-state index in [1.54, 1.807) is 23.1 Å². The lowest BCUT2D eigenvalue weighted by atomic mass is 10.2. The molecule has 0 spiro atoms. The second kappa shape index (κ2) is 15.1. The first-order valence-electron chi connectivity index (χ1n) is 14.6. The largest absolute Gasteiger partial charge is 0.490 e. The first-order chi connectivity index (χ1) is 21.8. The number of nitrogens with zero attached hydrogens (tertiary/aromatic N) is 3. The second-order valence-electron chi connectivity index (χ2n) is 10.2. The Morgan fingerprint density at radius 2 is 1.71 bits per heavy atom. The average Bonchev–Trinajstić information content (AvgIpc) is 3.66. The summed E-state index contributed by atoms with van der Waals surface area (Å²) in [7, 11) is 0. The molecule has 0 radical (unpaired) electrons. The minimum absolute atomic E-state index is 0.101. The quantitative estimate of drug-likeness (QED) is 0.120. The number of carbonyl (C=O) groups excluding carboxylic acids is 2. The number of nitrogens with one attached hydrogen (secondary N) is 1. The first-order valence-corrected chi connectivity index (χ1v) is 15.6. The molecule has 2 aromatic carbocycles. The van der Waals surface area contributed by atoms with Gasteiger partial charge in [-0.25, -0.2) is 5.43 Å². The molecule has 1 fully saturated rings. The third kappa shape index (κ3) is 8.25. The monoisotopic (exact) mass is 726 g/mol. The molecule has 45 heavy (non-hydrogen) atoms. The molecule has 0 saturated carbocycles. The van der Waals surface area contributed by atoms with Crippen molar-refractivity contribution in [2.45, 2.75) is 27.4 Å². The van der Waals surface area contributed by atoms with Crippen LogP contribution >= 0.6 is 22.6 Å². The van der Waals surface area contributed by atoms with Gasteiger partial charge in [0.05, 0.1) is 29.6 Å². The normalized spacial score (nSPS) is 13.2. The van der Waals surface area contributed by atoms with Gasteiger partial charge in [0.1, 0.15) is 18.1 Å². The van der Waals surface area contributed by atoms with Crippen molar-refractivity contribution in [1.29, 1.82) is 0 Å². The van der Waals surface area contributed by atoms with Gasteiger partial charge >= 0.3 is 5.91 Å². The molecule has 2 amide bonds. The number of hydrazone groups is 1. The second-order valence-corrected chi connectivity index (χ2v) is 11.4. The number of ether oxygens (including phenoxy) is 4. The molecule has 236 valence electrons. The summed E-state index contributed by atoms with van der Waals surface area (Å²) < 4.78 is 31.4. The van der Waals surface area contributed by atoms with Gasteiger partial charge in [-0.15, -0.1) is 0 Å². The zero-order chi connectivity index (χ0) is 31.8. The van der Waals surface area contributed by atoms with Gasteiger partial charge < -0.3 is 32.8 Å². The molecule has 1 N–H and O–H groups in total. The third-order valence-corrected chi connectivity index (χ3v) is 7.85. The van der Waals surface area contributed by atoms with Gasteiger partial charge in [-0.05, 0) is 110 Å². The summed E-state index contributed by atoms with van der Waals surface area (Å²) in [5, 5.41) is 4.08. The number of morpholine rings is 1. The molecule has 1 aliphatic heterocycles. The van der Waals surface area contributed by atoms with E-state index in [2.05, 4.69) is 63.7 Å². The first kappa shape index (κ1) is 32.1. The van der Waals surface area contributed by atoms with Crippen LogP contribution < -0.4 is 19.6 Å². The van der Waals surface area contributed by atoms with Crippen molar-refractivity contribution in [2.24, 2.45) is 5.10 Å². The molecule has 0 aliphatic carbocycles. The number of rotatable bonds is 12. The third-order valence-electron chi connectivity index (χ3n) is 7.05. The smallest absolute Gasteiger partial charge is 0.307 e. The molecular formula is C33H35IN4O7. The predicted octanol–water partition coefficient (Wildman–Crippen LogP) is 5.27. The van der Waals surface area contributed by atoms with Gasteiger partial charge in [0, 0.05) is 30.2 Å². The minimum atomic E-state index is -0.499. The molecule has 12 heteroatoms. The molecular weight excluding hydrogens is 691 g/mol. The van der Waals surface area contributed by atoms with E-state index in [1.165, 1.54) is 6.21 Å². The van der Waals surface area contributed by atoms with Crippen molar-refractivity contribution in [3.8, 4) is 22.9 Å². The zero-order valence-corrected chi connectivity index (χ0v) is 27.5. The summed E-state index contributed by atoms with van der Waals surface area (Å²) >= 11 is 2.12. The summed E-state index contributed by atoms with van der Waals surface area (Å²) in [6.07, 6.45) is 1.50. The van der Waals surface area contributed by atoms with Crippen LogP contribution in [0, 0.1) is 17.4 Å². The van der Waals surface area contributed by atoms with Gasteiger partial charge in [0.15, 0.2) is 23.9 Å². The van der Waals surface area contributed by atoms with Crippen molar-refractivity contribution in [1.82, 2.24) is 14.9 Å².